The predicted octanol–water partition coefficient (Wildman–Crippen LogP) is 0.741. The number of aliphatic hydroxyl groups is 3. The van der Waals surface area contributed by atoms with E-state index in [1.165, 1.54) is 6.07 Å². The number of rotatable bonds is 1. The summed E-state index contributed by atoms with van der Waals surface area (Å²) in [7, 11) is 0. The lowest BCUT2D eigenvalue weighted by molar-refractivity contribution is -0.156. The molecule has 142 valence electrons. The van der Waals surface area contributed by atoms with Crippen molar-refractivity contribution in [3.63, 3.8) is 0 Å². The summed E-state index contributed by atoms with van der Waals surface area (Å²) in [5.41, 5.74) is -1.95. The van der Waals surface area contributed by atoms with Crippen molar-refractivity contribution < 1.29 is 29.3 Å². The highest BCUT2D eigenvalue weighted by Gasteiger charge is 2.71. The Kier molecular flexibility index (Phi) is 3.53. The van der Waals surface area contributed by atoms with E-state index in [0.29, 0.717) is 16.9 Å². The molecule has 1 saturated carbocycles. The molecule has 0 spiro atoms. The first-order chi connectivity index (χ1) is 12.0. The second-order valence-corrected chi connectivity index (χ2v) is 8.62. The number of carbonyl (C=O) groups excluding carboxylic acids is 1. The maximum Gasteiger partial charge on any atom is 0.336 e. The number of ether oxygens (including phenoxy) is 1. The molecule has 0 amide bonds. The van der Waals surface area contributed by atoms with Crippen molar-refractivity contribution in [3.8, 4) is 0 Å². The van der Waals surface area contributed by atoms with Crippen LogP contribution in [0.5, 0.6) is 0 Å². The number of fused-ring (bicyclic) bond motifs is 2. The zero-order valence-corrected chi connectivity index (χ0v) is 15.2. The van der Waals surface area contributed by atoms with E-state index < -0.39 is 52.8 Å². The maximum absolute atomic E-state index is 12.6. The third-order valence-electron chi connectivity index (χ3n) is 6.72. The van der Waals surface area contributed by atoms with Crippen LogP contribution >= 0.6 is 0 Å². The average Bonchev–Trinajstić information content (AvgIpc) is 2.82. The number of hydrogen-bond acceptors (Lipinski definition) is 7. The monoisotopic (exact) mass is 364 g/mol. The highest BCUT2D eigenvalue weighted by atomic mass is 16.6. The molecule has 0 bridgehead atoms. The Morgan fingerprint density at radius 1 is 1.19 bits per heavy atom. The molecule has 2 aliphatic carbocycles. The molecule has 7 atom stereocenters. The molecule has 4 rings (SSSR count). The van der Waals surface area contributed by atoms with Crippen molar-refractivity contribution in [1.82, 2.24) is 0 Å². The van der Waals surface area contributed by atoms with E-state index in [-0.39, 0.29) is 12.3 Å². The third kappa shape index (κ3) is 1.88. The highest BCUT2D eigenvalue weighted by Crippen LogP contribution is 2.63. The van der Waals surface area contributed by atoms with Gasteiger partial charge in [-0.25, -0.2) is 4.79 Å². The largest absolute Gasteiger partial charge is 0.458 e. The summed E-state index contributed by atoms with van der Waals surface area (Å²) in [6.07, 6.45) is -4.32. The Morgan fingerprint density at radius 2 is 1.85 bits per heavy atom. The predicted molar refractivity (Wildman–Crippen MR) is 89.5 cm³/mol. The zero-order chi connectivity index (χ0) is 19.2. The van der Waals surface area contributed by atoms with E-state index in [0.717, 1.165) is 0 Å². The van der Waals surface area contributed by atoms with Crippen LogP contribution in [-0.2, 0) is 14.9 Å². The van der Waals surface area contributed by atoms with Gasteiger partial charge in [-0.2, -0.15) is 0 Å². The van der Waals surface area contributed by atoms with Gasteiger partial charge in [0.15, 0.2) is 0 Å². The number of esters is 1. The van der Waals surface area contributed by atoms with Gasteiger partial charge < -0.3 is 24.5 Å². The van der Waals surface area contributed by atoms with Gasteiger partial charge in [-0.3, -0.25) is 4.79 Å². The van der Waals surface area contributed by atoms with Crippen molar-refractivity contribution in [2.24, 2.45) is 11.3 Å². The fourth-order valence-electron chi connectivity index (χ4n) is 5.60. The summed E-state index contributed by atoms with van der Waals surface area (Å²) in [5.74, 6) is -0.940. The second-order valence-electron chi connectivity index (χ2n) is 8.62. The lowest BCUT2D eigenvalue weighted by atomic mass is 9.48. The lowest BCUT2D eigenvalue weighted by Gasteiger charge is -2.55. The number of aliphatic hydroxyl groups excluding tert-OH is 3. The summed E-state index contributed by atoms with van der Waals surface area (Å²) in [6, 6.07) is 1.27. The molecule has 7 nitrogen and oxygen atoms in total. The Bertz CT molecular complexity index is 843. The third-order valence-corrected chi connectivity index (χ3v) is 6.72. The molecule has 3 aliphatic rings. The first-order valence-corrected chi connectivity index (χ1v) is 8.97. The van der Waals surface area contributed by atoms with E-state index >= 15 is 0 Å². The van der Waals surface area contributed by atoms with Gasteiger partial charge in [0.2, 0.25) is 0 Å². The van der Waals surface area contributed by atoms with Gasteiger partial charge in [0.25, 0.3) is 0 Å². The van der Waals surface area contributed by atoms with E-state index in [1.807, 2.05) is 13.8 Å². The van der Waals surface area contributed by atoms with Crippen molar-refractivity contribution in [3.05, 3.63) is 33.4 Å². The van der Waals surface area contributed by atoms with E-state index in [1.54, 1.807) is 13.8 Å². The minimum atomic E-state index is -1.20. The van der Waals surface area contributed by atoms with Crippen LogP contribution in [0.3, 0.4) is 0 Å². The Hall–Kier alpha value is -1.70. The molecule has 3 N–H and O–H groups in total. The molecule has 1 saturated heterocycles. The zero-order valence-electron chi connectivity index (χ0n) is 15.2. The van der Waals surface area contributed by atoms with E-state index in [4.69, 9.17) is 9.15 Å². The molecule has 7 heteroatoms. The summed E-state index contributed by atoms with van der Waals surface area (Å²) in [5, 5.41) is 32.4. The van der Waals surface area contributed by atoms with Crippen LogP contribution in [0.4, 0.5) is 0 Å². The molecule has 0 aromatic carbocycles. The van der Waals surface area contributed by atoms with Crippen molar-refractivity contribution >= 4 is 5.97 Å². The highest BCUT2D eigenvalue weighted by molar-refractivity contribution is 5.81. The van der Waals surface area contributed by atoms with Crippen molar-refractivity contribution in [2.75, 3.05) is 0 Å². The summed E-state index contributed by atoms with van der Waals surface area (Å²) < 4.78 is 10.9. The van der Waals surface area contributed by atoms with Gasteiger partial charge in [-0.05, 0) is 18.9 Å². The topological polar surface area (TPSA) is 117 Å². The second kappa shape index (κ2) is 5.18. The normalized spacial score (nSPS) is 43.8. The SMILES string of the molecule is CC(C)c1oc(=O)cc2c1[C@@H](O)[C@H]1OC(=O)[C@@]3(C)C[C@@H](O)[C@@H](O)[C@]2(C)[C@H]13. The average molecular weight is 364 g/mol. The van der Waals surface area contributed by atoms with Gasteiger partial charge in [-0.1, -0.05) is 20.8 Å². The molecular formula is C19H24O7. The van der Waals surface area contributed by atoms with Gasteiger partial charge in [-0.15, -0.1) is 0 Å². The smallest absolute Gasteiger partial charge is 0.336 e. The minimum absolute atomic E-state index is 0.0459. The summed E-state index contributed by atoms with van der Waals surface area (Å²) in [4.78, 5) is 24.8. The molecule has 1 aromatic rings. The van der Waals surface area contributed by atoms with E-state index in [2.05, 4.69) is 0 Å². The first kappa shape index (κ1) is 17.7. The fraction of sp³-hybridized carbons (Fsp3) is 0.684. The molecule has 1 aromatic heterocycles. The molecule has 2 heterocycles. The fourth-order valence-corrected chi connectivity index (χ4v) is 5.60. The molecule has 0 unspecified atom stereocenters. The van der Waals surface area contributed by atoms with Gasteiger partial charge >= 0.3 is 11.6 Å². The Balaban J connectivity index is 2.08. The Labute approximate surface area is 150 Å². The van der Waals surface area contributed by atoms with Crippen LogP contribution in [0.2, 0.25) is 0 Å². The van der Waals surface area contributed by atoms with Gasteiger partial charge in [0.1, 0.15) is 18.0 Å². The molecule has 26 heavy (non-hydrogen) atoms. The van der Waals surface area contributed by atoms with Crippen LogP contribution in [0.1, 0.15) is 63.0 Å². The van der Waals surface area contributed by atoms with Crippen molar-refractivity contribution in [1.29, 1.82) is 0 Å². The van der Waals surface area contributed by atoms with Crippen LogP contribution in [0.15, 0.2) is 15.3 Å². The van der Waals surface area contributed by atoms with Gasteiger partial charge in [0.05, 0.1) is 17.6 Å². The molecular weight excluding hydrogens is 340 g/mol. The summed E-state index contributed by atoms with van der Waals surface area (Å²) in [6.45, 7) is 7.08. The lowest BCUT2D eigenvalue weighted by Crippen LogP contribution is -2.64. The van der Waals surface area contributed by atoms with Gasteiger partial charge in [0, 0.05) is 28.9 Å². The summed E-state index contributed by atoms with van der Waals surface area (Å²) >= 11 is 0. The van der Waals surface area contributed by atoms with E-state index in [9.17, 15) is 24.9 Å². The standard InChI is InChI=1S/C19H24O7/c1-7(2)13-11-8(5-10(21)25-13)19(4)15-14(12(11)22)26-17(24)18(15,3)6-9(20)16(19)23/h5,7,9,12,14-16,20,22-23H,6H2,1-4H3/t9-,12-,14-,15-,16-,18+,19+/m1/s1. The van der Waals surface area contributed by atoms with Crippen LogP contribution in [-0.4, -0.2) is 39.6 Å². The minimum Gasteiger partial charge on any atom is -0.458 e. The number of hydrogen-bond donors (Lipinski definition) is 3. The molecule has 2 fully saturated rings. The first-order valence-electron chi connectivity index (χ1n) is 8.97. The van der Waals surface area contributed by atoms with Crippen LogP contribution in [0, 0.1) is 11.3 Å². The van der Waals surface area contributed by atoms with Crippen molar-refractivity contribution in [2.45, 2.75) is 69.9 Å². The van der Waals surface area contributed by atoms with Crippen LogP contribution < -0.4 is 5.63 Å². The number of carbonyl (C=O) groups is 1. The molecule has 1 aliphatic heterocycles. The van der Waals surface area contributed by atoms with Crippen LogP contribution in [0.25, 0.3) is 0 Å². The maximum atomic E-state index is 12.6. The molecule has 0 radical (unpaired) electrons. The Morgan fingerprint density at radius 3 is 2.46 bits per heavy atom. The quantitative estimate of drug-likeness (QED) is 0.629.